The molecule has 1 heterocycles. The van der Waals surface area contributed by atoms with E-state index in [4.69, 9.17) is 0 Å². The molecular formula is C40H24S. The molecule has 0 amide bonds. The molecule has 0 aliphatic rings. The SMILES string of the molecule is c1ccc(-c2ccc3c(c2)sc2cc(-c4ccc(-c5ccc6ccc7cccc8ccc5c6c78)cc4)ccc23)cc1. The molecule has 0 aliphatic heterocycles. The third-order valence-electron chi connectivity index (χ3n) is 8.64. The summed E-state index contributed by atoms with van der Waals surface area (Å²) in [5.41, 5.74) is 7.58. The number of hydrogen-bond acceptors (Lipinski definition) is 1. The van der Waals surface area contributed by atoms with Crippen LogP contribution in [0, 0.1) is 0 Å². The molecule has 0 nitrogen and oxygen atoms in total. The lowest BCUT2D eigenvalue weighted by molar-refractivity contribution is 1.63. The predicted octanol–water partition coefficient (Wildman–Crippen LogP) is 12.0. The summed E-state index contributed by atoms with van der Waals surface area (Å²) in [6.07, 6.45) is 0. The number of benzene rings is 8. The maximum atomic E-state index is 2.35. The summed E-state index contributed by atoms with van der Waals surface area (Å²) in [6.45, 7) is 0. The van der Waals surface area contributed by atoms with Crippen LogP contribution >= 0.6 is 11.3 Å². The lowest BCUT2D eigenvalue weighted by Crippen LogP contribution is -1.87. The Hall–Kier alpha value is -4.98. The number of hydrogen-bond donors (Lipinski definition) is 0. The van der Waals surface area contributed by atoms with Crippen molar-refractivity contribution >= 4 is 63.8 Å². The average Bonchev–Trinajstić information content (AvgIpc) is 3.41. The van der Waals surface area contributed by atoms with Gasteiger partial charge in [0.05, 0.1) is 0 Å². The van der Waals surface area contributed by atoms with Crippen LogP contribution in [0.15, 0.2) is 146 Å². The highest BCUT2D eigenvalue weighted by Crippen LogP contribution is 2.41. The van der Waals surface area contributed by atoms with Crippen LogP contribution in [0.25, 0.3) is 85.9 Å². The largest absolute Gasteiger partial charge is 0.135 e. The Bertz CT molecular complexity index is 2380. The van der Waals surface area contributed by atoms with Crippen molar-refractivity contribution in [1.29, 1.82) is 0 Å². The minimum Gasteiger partial charge on any atom is -0.135 e. The fourth-order valence-corrected chi connectivity index (χ4v) is 7.78. The van der Waals surface area contributed by atoms with E-state index >= 15 is 0 Å². The second-order valence-electron chi connectivity index (χ2n) is 10.9. The van der Waals surface area contributed by atoms with Crippen LogP contribution in [0.4, 0.5) is 0 Å². The third kappa shape index (κ3) is 3.53. The van der Waals surface area contributed by atoms with Crippen molar-refractivity contribution in [3.05, 3.63) is 146 Å². The third-order valence-corrected chi connectivity index (χ3v) is 9.75. The maximum absolute atomic E-state index is 2.35. The number of thiophene rings is 1. The monoisotopic (exact) mass is 536 g/mol. The Kier molecular flexibility index (Phi) is 4.87. The van der Waals surface area contributed by atoms with Gasteiger partial charge in [0.2, 0.25) is 0 Å². The molecule has 0 spiro atoms. The molecular weight excluding hydrogens is 513 g/mol. The van der Waals surface area contributed by atoms with Crippen LogP contribution < -0.4 is 0 Å². The second kappa shape index (κ2) is 8.76. The highest BCUT2D eigenvalue weighted by atomic mass is 32.1. The van der Waals surface area contributed by atoms with E-state index in [1.165, 1.54) is 85.9 Å². The zero-order valence-corrected chi connectivity index (χ0v) is 23.1. The molecule has 0 atom stereocenters. The van der Waals surface area contributed by atoms with Gasteiger partial charge in [0.25, 0.3) is 0 Å². The Morgan fingerprint density at radius 2 is 0.829 bits per heavy atom. The van der Waals surface area contributed by atoms with E-state index in [0.29, 0.717) is 0 Å². The van der Waals surface area contributed by atoms with Gasteiger partial charge < -0.3 is 0 Å². The fraction of sp³-hybridized carbons (Fsp3) is 0. The van der Waals surface area contributed by atoms with E-state index in [1.807, 2.05) is 11.3 Å². The van der Waals surface area contributed by atoms with Gasteiger partial charge in [0, 0.05) is 20.2 Å². The summed E-state index contributed by atoms with van der Waals surface area (Å²) in [5.74, 6) is 0. The molecule has 0 N–H and O–H groups in total. The van der Waals surface area contributed by atoms with Crippen LogP contribution in [0.3, 0.4) is 0 Å². The highest BCUT2D eigenvalue weighted by molar-refractivity contribution is 7.25. The van der Waals surface area contributed by atoms with E-state index in [-0.39, 0.29) is 0 Å². The first kappa shape index (κ1) is 22.8. The summed E-state index contributed by atoms with van der Waals surface area (Å²) in [6, 6.07) is 53.7. The molecule has 190 valence electrons. The van der Waals surface area contributed by atoms with Crippen LogP contribution in [0.5, 0.6) is 0 Å². The second-order valence-corrected chi connectivity index (χ2v) is 12.0. The molecule has 1 heteroatoms. The van der Waals surface area contributed by atoms with Gasteiger partial charge in [-0.05, 0) is 77.8 Å². The van der Waals surface area contributed by atoms with Gasteiger partial charge in [-0.25, -0.2) is 0 Å². The normalized spacial score (nSPS) is 11.9. The van der Waals surface area contributed by atoms with Crippen molar-refractivity contribution in [3.8, 4) is 33.4 Å². The molecule has 1 aromatic heterocycles. The van der Waals surface area contributed by atoms with Gasteiger partial charge in [-0.15, -0.1) is 11.3 Å². The average molecular weight is 537 g/mol. The molecule has 0 fully saturated rings. The Morgan fingerprint density at radius 3 is 1.51 bits per heavy atom. The summed E-state index contributed by atoms with van der Waals surface area (Å²) in [5, 5.41) is 10.6. The van der Waals surface area contributed by atoms with Gasteiger partial charge in [-0.1, -0.05) is 133 Å². The molecule has 9 aromatic rings. The molecule has 0 aliphatic carbocycles. The lowest BCUT2D eigenvalue weighted by atomic mass is 9.89. The van der Waals surface area contributed by atoms with Crippen molar-refractivity contribution in [3.63, 3.8) is 0 Å². The summed E-state index contributed by atoms with van der Waals surface area (Å²) in [7, 11) is 0. The standard InChI is InChI=1S/C40H24S/c1-2-5-25(6-3-1)31-17-20-34-35-21-18-32(24-38(35)41-37(34)23-31)26-9-11-27(12-10-26)33-19-15-30-14-13-28-7-4-8-29-16-22-36(33)40(30)39(28)29/h1-24H. The van der Waals surface area contributed by atoms with Gasteiger partial charge in [-0.3, -0.25) is 0 Å². The molecule has 0 saturated carbocycles. The first-order chi connectivity index (χ1) is 20.3. The Labute approximate surface area is 242 Å². The van der Waals surface area contributed by atoms with Crippen LogP contribution in [-0.2, 0) is 0 Å². The van der Waals surface area contributed by atoms with Gasteiger partial charge in [-0.2, -0.15) is 0 Å². The zero-order valence-electron chi connectivity index (χ0n) is 22.3. The minimum atomic E-state index is 1.25. The number of rotatable bonds is 3. The van der Waals surface area contributed by atoms with Crippen molar-refractivity contribution in [1.82, 2.24) is 0 Å². The maximum Gasteiger partial charge on any atom is 0.0361 e. The van der Waals surface area contributed by atoms with Crippen molar-refractivity contribution in [2.75, 3.05) is 0 Å². The van der Waals surface area contributed by atoms with Gasteiger partial charge in [0.15, 0.2) is 0 Å². The Balaban J connectivity index is 1.11. The molecule has 0 radical (unpaired) electrons. The molecule has 9 rings (SSSR count). The minimum absolute atomic E-state index is 1.25. The molecule has 0 saturated heterocycles. The van der Waals surface area contributed by atoms with Crippen LogP contribution in [-0.4, -0.2) is 0 Å². The van der Waals surface area contributed by atoms with E-state index in [1.54, 1.807) is 0 Å². The van der Waals surface area contributed by atoms with E-state index in [2.05, 4.69) is 146 Å². The van der Waals surface area contributed by atoms with Crippen molar-refractivity contribution in [2.24, 2.45) is 0 Å². The van der Waals surface area contributed by atoms with Gasteiger partial charge in [0.1, 0.15) is 0 Å². The predicted molar refractivity (Wildman–Crippen MR) is 179 cm³/mol. The van der Waals surface area contributed by atoms with E-state index in [9.17, 15) is 0 Å². The first-order valence-electron chi connectivity index (χ1n) is 14.1. The van der Waals surface area contributed by atoms with E-state index < -0.39 is 0 Å². The smallest absolute Gasteiger partial charge is 0.0361 e. The van der Waals surface area contributed by atoms with Crippen LogP contribution in [0.1, 0.15) is 0 Å². The summed E-state index contributed by atoms with van der Waals surface area (Å²) < 4.78 is 2.67. The summed E-state index contributed by atoms with van der Waals surface area (Å²) in [4.78, 5) is 0. The first-order valence-corrected chi connectivity index (χ1v) is 14.9. The van der Waals surface area contributed by atoms with Crippen LogP contribution in [0.2, 0.25) is 0 Å². The quantitative estimate of drug-likeness (QED) is 0.197. The zero-order chi connectivity index (χ0) is 26.9. The van der Waals surface area contributed by atoms with Gasteiger partial charge >= 0.3 is 0 Å². The number of fused-ring (bicyclic) bond motifs is 3. The lowest BCUT2D eigenvalue weighted by Gasteiger charge is -2.14. The topological polar surface area (TPSA) is 0 Å². The van der Waals surface area contributed by atoms with Crippen molar-refractivity contribution in [2.45, 2.75) is 0 Å². The molecule has 0 bridgehead atoms. The van der Waals surface area contributed by atoms with Crippen molar-refractivity contribution < 1.29 is 0 Å². The fourth-order valence-electron chi connectivity index (χ4n) is 6.60. The van der Waals surface area contributed by atoms with E-state index in [0.717, 1.165) is 0 Å². The molecule has 0 unspecified atom stereocenters. The highest BCUT2D eigenvalue weighted by Gasteiger charge is 2.13. The summed E-state index contributed by atoms with van der Waals surface area (Å²) >= 11 is 1.88. The molecule has 41 heavy (non-hydrogen) atoms. The molecule has 8 aromatic carbocycles. The Morgan fingerprint density at radius 1 is 0.317 bits per heavy atom.